The molecule has 1 aromatic carbocycles. The number of thiophene rings is 1. The smallest absolute Gasteiger partial charge is 0.177 e. The SMILES string of the molecule is Cc1ccsc1C(=O)Cc1cc(F)ccc1F. The number of ketones is 1. The van der Waals surface area contributed by atoms with Gasteiger partial charge in [0.1, 0.15) is 11.6 Å². The second-order valence-corrected chi connectivity index (χ2v) is 4.68. The van der Waals surface area contributed by atoms with Crippen LogP contribution < -0.4 is 0 Å². The van der Waals surface area contributed by atoms with Crippen LogP contribution in [0.1, 0.15) is 20.8 Å². The first-order chi connectivity index (χ1) is 8.08. The van der Waals surface area contributed by atoms with Crippen molar-refractivity contribution in [1.82, 2.24) is 0 Å². The van der Waals surface area contributed by atoms with Crippen molar-refractivity contribution in [1.29, 1.82) is 0 Å². The third-order valence-corrected chi connectivity index (χ3v) is 3.53. The van der Waals surface area contributed by atoms with Crippen molar-refractivity contribution < 1.29 is 13.6 Å². The molecule has 0 bridgehead atoms. The Labute approximate surface area is 102 Å². The lowest BCUT2D eigenvalue weighted by atomic mass is 10.1. The highest BCUT2D eigenvalue weighted by Gasteiger charge is 2.14. The van der Waals surface area contributed by atoms with Gasteiger partial charge in [0.2, 0.25) is 0 Å². The largest absolute Gasteiger partial charge is 0.293 e. The average molecular weight is 252 g/mol. The van der Waals surface area contributed by atoms with Gasteiger partial charge >= 0.3 is 0 Å². The maximum absolute atomic E-state index is 13.4. The molecule has 88 valence electrons. The highest BCUT2D eigenvalue weighted by molar-refractivity contribution is 7.12. The first-order valence-corrected chi connectivity index (χ1v) is 5.97. The van der Waals surface area contributed by atoms with Crippen LogP contribution in [0.15, 0.2) is 29.6 Å². The van der Waals surface area contributed by atoms with Gasteiger partial charge in [0.15, 0.2) is 5.78 Å². The van der Waals surface area contributed by atoms with E-state index in [4.69, 9.17) is 0 Å². The number of carbonyl (C=O) groups excluding carboxylic acids is 1. The molecule has 2 rings (SSSR count). The van der Waals surface area contributed by atoms with Gasteiger partial charge in [-0.2, -0.15) is 0 Å². The van der Waals surface area contributed by atoms with E-state index in [1.807, 2.05) is 18.4 Å². The van der Waals surface area contributed by atoms with E-state index in [9.17, 15) is 13.6 Å². The highest BCUT2D eigenvalue weighted by atomic mass is 32.1. The molecule has 2 aromatic rings. The van der Waals surface area contributed by atoms with Crippen molar-refractivity contribution in [3.8, 4) is 0 Å². The molecule has 0 unspecified atom stereocenters. The van der Waals surface area contributed by atoms with E-state index in [0.29, 0.717) is 4.88 Å². The van der Waals surface area contributed by atoms with Crippen LogP contribution in [0.2, 0.25) is 0 Å². The van der Waals surface area contributed by atoms with Crippen LogP contribution in [0, 0.1) is 18.6 Å². The molecule has 0 amide bonds. The zero-order valence-electron chi connectivity index (χ0n) is 9.17. The fraction of sp³-hybridized carbons (Fsp3) is 0.154. The van der Waals surface area contributed by atoms with Gasteiger partial charge in [0, 0.05) is 6.42 Å². The summed E-state index contributed by atoms with van der Waals surface area (Å²) in [6.45, 7) is 1.83. The number of hydrogen-bond donors (Lipinski definition) is 0. The molecule has 0 atom stereocenters. The van der Waals surface area contributed by atoms with Gasteiger partial charge < -0.3 is 0 Å². The highest BCUT2D eigenvalue weighted by Crippen LogP contribution is 2.19. The minimum Gasteiger partial charge on any atom is -0.293 e. The van der Waals surface area contributed by atoms with Crippen LogP contribution in [0.4, 0.5) is 8.78 Å². The topological polar surface area (TPSA) is 17.1 Å². The Kier molecular flexibility index (Phi) is 3.33. The van der Waals surface area contributed by atoms with Crippen LogP contribution >= 0.6 is 11.3 Å². The van der Waals surface area contributed by atoms with Crippen LogP contribution in [-0.2, 0) is 6.42 Å². The first-order valence-electron chi connectivity index (χ1n) is 5.09. The van der Waals surface area contributed by atoms with Crippen LogP contribution in [-0.4, -0.2) is 5.78 Å². The van der Waals surface area contributed by atoms with Crippen molar-refractivity contribution in [3.05, 3.63) is 57.3 Å². The molecule has 1 heterocycles. The fourth-order valence-electron chi connectivity index (χ4n) is 1.59. The van der Waals surface area contributed by atoms with E-state index in [0.717, 1.165) is 23.8 Å². The number of aryl methyl sites for hydroxylation is 1. The Hall–Kier alpha value is -1.55. The molecule has 17 heavy (non-hydrogen) atoms. The molecule has 0 fully saturated rings. The Bertz CT molecular complexity index is 560. The summed E-state index contributed by atoms with van der Waals surface area (Å²) in [7, 11) is 0. The number of Topliss-reactive ketones (excluding diaryl/α,β-unsaturated/α-hetero) is 1. The summed E-state index contributed by atoms with van der Waals surface area (Å²) < 4.78 is 26.3. The Morgan fingerprint density at radius 1 is 1.29 bits per heavy atom. The number of rotatable bonds is 3. The summed E-state index contributed by atoms with van der Waals surface area (Å²) in [5.74, 6) is -1.26. The summed E-state index contributed by atoms with van der Waals surface area (Å²) >= 11 is 1.32. The maximum atomic E-state index is 13.4. The van der Waals surface area contributed by atoms with E-state index < -0.39 is 11.6 Å². The van der Waals surface area contributed by atoms with Crippen molar-refractivity contribution >= 4 is 17.1 Å². The number of benzene rings is 1. The third kappa shape index (κ3) is 2.58. The van der Waals surface area contributed by atoms with E-state index >= 15 is 0 Å². The molecular weight excluding hydrogens is 242 g/mol. The molecule has 0 saturated carbocycles. The van der Waals surface area contributed by atoms with Crippen molar-refractivity contribution in [2.75, 3.05) is 0 Å². The van der Waals surface area contributed by atoms with Gasteiger partial charge in [-0.3, -0.25) is 4.79 Å². The van der Waals surface area contributed by atoms with Crippen molar-refractivity contribution in [2.45, 2.75) is 13.3 Å². The monoisotopic (exact) mass is 252 g/mol. The van der Waals surface area contributed by atoms with E-state index in [-0.39, 0.29) is 17.8 Å². The lowest BCUT2D eigenvalue weighted by Crippen LogP contribution is -2.05. The summed E-state index contributed by atoms with van der Waals surface area (Å²) in [4.78, 5) is 12.5. The van der Waals surface area contributed by atoms with Gasteiger partial charge in [0.25, 0.3) is 0 Å². The predicted octanol–water partition coefficient (Wildman–Crippen LogP) is 3.76. The van der Waals surface area contributed by atoms with E-state index in [1.165, 1.54) is 11.3 Å². The summed E-state index contributed by atoms with van der Waals surface area (Å²) in [6, 6.07) is 4.98. The molecule has 0 aliphatic rings. The standard InChI is InChI=1S/C13H10F2OS/c1-8-4-5-17-13(8)12(16)7-9-6-10(14)2-3-11(9)15/h2-6H,7H2,1H3. The van der Waals surface area contributed by atoms with Gasteiger partial charge in [-0.25, -0.2) is 8.78 Å². The Morgan fingerprint density at radius 2 is 2.06 bits per heavy atom. The Morgan fingerprint density at radius 3 is 2.71 bits per heavy atom. The van der Waals surface area contributed by atoms with Gasteiger partial charge in [0.05, 0.1) is 4.88 Å². The van der Waals surface area contributed by atoms with Gasteiger partial charge in [-0.05, 0) is 47.7 Å². The molecule has 4 heteroatoms. The summed E-state index contributed by atoms with van der Waals surface area (Å²) in [5, 5.41) is 1.81. The maximum Gasteiger partial charge on any atom is 0.177 e. The summed E-state index contributed by atoms with van der Waals surface area (Å²) in [5.41, 5.74) is 0.972. The zero-order valence-corrected chi connectivity index (χ0v) is 9.98. The predicted molar refractivity (Wildman–Crippen MR) is 63.4 cm³/mol. The van der Waals surface area contributed by atoms with Gasteiger partial charge in [-0.15, -0.1) is 11.3 Å². The van der Waals surface area contributed by atoms with Crippen LogP contribution in [0.25, 0.3) is 0 Å². The van der Waals surface area contributed by atoms with Crippen LogP contribution in [0.5, 0.6) is 0 Å². The van der Waals surface area contributed by atoms with Crippen molar-refractivity contribution in [3.63, 3.8) is 0 Å². The molecule has 0 spiro atoms. The Balaban J connectivity index is 2.24. The van der Waals surface area contributed by atoms with E-state index in [2.05, 4.69) is 0 Å². The lowest BCUT2D eigenvalue weighted by Gasteiger charge is -2.02. The third-order valence-electron chi connectivity index (χ3n) is 2.47. The normalized spacial score (nSPS) is 10.5. The summed E-state index contributed by atoms with van der Waals surface area (Å²) in [6.07, 6.45) is -0.106. The number of carbonyl (C=O) groups is 1. The van der Waals surface area contributed by atoms with E-state index in [1.54, 1.807) is 0 Å². The van der Waals surface area contributed by atoms with Gasteiger partial charge in [-0.1, -0.05) is 0 Å². The second kappa shape index (κ2) is 4.75. The molecule has 0 saturated heterocycles. The minimum atomic E-state index is -0.547. The average Bonchev–Trinajstić information content (AvgIpc) is 2.70. The van der Waals surface area contributed by atoms with Crippen molar-refractivity contribution in [2.24, 2.45) is 0 Å². The number of hydrogen-bond acceptors (Lipinski definition) is 2. The van der Waals surface area contributed by atoms with Crippen LogP contribution in [0.3, 0.4) is 0 Å². The second-order valence-electron chi connectivity index (χ2n) is 3.77. The molecule has 0 N–H and O–H groups in total. The molecule has 0 aliphatic heterocycles. The quantitative estimate of drug-likeness (QED) is 0.760. The number of halogens is 2. The fourth-order valence-corrected chi connectivity index (χ4v) is 2.46. The molecule has 1 aromatic heterocycles. The molecular formula is C13H10F2OS. The minimum absolute atomic E-state index is 0.0998. The lowest BCUT2D eigenvalue weighted by molar-refractivity contribution is 0.0995. The zero-order chi connectivity index (χ0) is 12.4. The first kappa shape index (κ1) is 11.9. The molecule has 0 aliphatic carbocycles. The molecule has 1 nitrogen and oxygen atoms in total. The molecule has 0 radical (unpaired) electrons.